The highest BCUT2D eigenvalue weighted by Gasteiger charge is 2.64. The van der Waals surface area contributed by atoms with Crippen LogP contribution in [0, 0.1) is 11.3 Å². The Kier molecular flexibility index (Phi) is 4.90. The van der Waals surface area contributed by atoms with Crippen molar-refractivity contribution in [1.82, 2.24) is 0 Å². The molecular weight excluding hydrogens is 296 g/mol. The van der Waals surface area contributed by atoms with Crippen LogP contribution in [0.1, 0.15) is 25.5 Å². The van der Waals surface area contributed by atoms with Crippen molar-refractivity contribution < 1.29 is 23.8 Å². The molecular formula is C18H22O5. The van der Waals surface area contributed by atoms with Crippen molar-refractivity contribution in [3.8, 4) is 0 Å². The average Bonchev–Trinajstić information content (AvgIpc) is 2.88. The van der Waals surface area contributed by atoms with Crippen LogP contribution >= 0.6 is 0 Å². The summed E-state index contributed by atoms with van der Waals surface area (Å²) >= 11 is 0. The smallest absolute Gasteiger partial charge is 0.330 e. The summed E-state index contributed by atoms with van der Waals surface area (Å²) in [5, 5.41) is 0. The number of benzene rings is 1. The molecule has 0 aromatic heterocycles. The molecule has 0 bridgehead atoms. The third kappa shape index (κ3) is 2.55. The fourth-order valence-corrected chi connectivity index (χ4v) is 3.12. The van der Waals surface area contributed by atoms with E-state index in [0.717, 1.165) is 0 Å². The lowest BCUT2D eigenvalue weighted by molar-refractivity contribution is -0.171. The second-order valence-corrected chi connectivity index (χ2v) is 5.91. The normalized spacial score (nSPS) is 22.9. The van der Waals surface area contributed by atoms with E-state index < -0.39 is 29.6 Å². The highest BCUT2D eigenvalue weighted by Crippen LogP contribution is 2.54. The van der Waals surface area contributed by atoms with Crippen LogP contribution in [0.15, 0.2) is 42.5 Å². The Morgan fingerprint density at radius 3 is 2.09 bits per heavy atom. The van der Waals surface area contributed by atoms with E-state index >= 15 is 0 Å². The Morgan fingerprint density at radius 1 is 1.13 bits per heavy atom. The molecule has 2 unspecified atom stereocenters. The summed E-state index contributed by atoms with van der Waals surface area (Å²) in [5.74, 6) is -1.39. The number of carbonyl (C=O) groups excluding carboxylic acids is 2. The molecule has 5 nitrogen and oxygen atoms in total. The van der Waals surface area contributed by atoms with Gasteiger partial charge in [-0.15, -0.1) is 0 Å². The fourth-order valence-electron chi connectivity index (χ4n) is 3.12. The van der Waals surface area contributed by atoms with Crippen molar-refractivity contribution in [3.63, 3.8) is 0 Å². The minimum Gasteiger partial charge on any atom is -0.468 e. The molecule has 1 aliphatic heterocycles. The topological polar surface area (TPSA) is 61.8 Å². The molecule has 0 aliphatic carbocycles. The zero-order valence-electron chi connectivity index (χ0n) is 13.9. The lowest BCUT2D eigenvalue weighted by atomic mass is 9.72. The molecule has 2 rings (SSSR count). The molecule has 1 aliphatic rings. The molecule has 2 atom stereocenters. The lowest BCUT2D eigenvalue weighted by Gasteiger charge is -2.29. The van der Waals surface area contributed by atoms with Gasteiger partial charge in [-0.25, -0.2) is 0 Å². The zero-order chi connectivity index (χ0) is 17.2. The van der Waals surface area contributed by atoms with Crippen LogP contribution in [0.25, 0.3) is 0 Å². The number of hydrogen-bond donors (Lipinski definition) is 0. The molecule has 0 radical (unpaired) electrons. The summed E-state index contributed by atoms with van der Waals surface area (Å²) in [6.45, 7) is 7.89. The van der Waals surface area contributed by atoms with E-state index in [1.165, 1.54) is 14.2 Å². The minimum atomic E-state index is -1.69. The van der Waals surface area contributed by atoms with E-state index in [1.54, 1.807) is 12.1 Å². The van der Waals surface area contributed by atoms with Crippen LogP contribution in [0.3, 0.4) is 0 Å². The number of esters is 2. The Hall–Kier alpha value is -2.14. The van der Waals surface area contributed by atoms with Crippen molar-refractivity contribution in [2.24, 2.45) is 11.3 Å². The zero-order valence-corrected chi connectivity index (χ0v) is 13.9. The molecule has 0 saturated carbocycles. The molecule has 23 heavy (non-hydrogen) atoms. The van der Waals surface area contributed by atoms with Gasteiger partial charge in [0.05, 0.1) is 20.3 Å². The third-order valence-electron chi connectivity index (χ3n) is 4.25. The van der Waals surface area contributed by atoms with Crippen LogP contribution < -0.4 is 0 Å². The summed E-state index contributed by atoms with van der Waals surface area (Å²) in [7, 11) is 2.48. The Morgan fingerprint density at radius 2 is 1.65 bits per heavy atom. The highest BCUT2D eigenvalue weighted by atomic mass is 16.6. The van der Waals surface area contributed by atoms with Crippen LogP contribution in [0.4, 0.5) is 0 Å². The van der Waals surface area contributed by atoms with Crippen molar-refractivity contribution >= 4 is 11.9 Å². The van der Waals surface area contributed by atoms with Gasteiger partial charge in [0.15, 0.2) is 0 Å². The number of rotatable bonds is 4. The lowest BCUT2D eigenvalue weighted by Crippen LogP contribution is -2.45. The molecule has 0 spiro atoms. The second kappa shape index (κ2) is 6.54. The summed E-state index contributed by atoms with van der Waals surface area (Å²) in [5.41, 5.74) is -0.618. The van der Waals surface area contributed by atoms with Crippen LogP contribution in [-0.4, -0.2) is 32.3 Å². The molecule has 5 heteroatoms. The van der Waals surface area contributed by atoms with Crippen molar-refractivity contribution in [2.75, 3.05) is 14.2 Å². The highest BCUT2D eigenvalue weighted by molar-refractivity contribution is 6.05. The summed E-state index contributed by atoms with van der Waals surface area (Å²) in [6, 6.07) is 9.11. The largest absolute Gasteiger partial charge is 0.468 e. The van der Waals surface area contributed by atoms with Crippen LogP contribution in [0.2, 0.25) is 0 Å². The Labute approximate surface area is 136 Å². The maximum absolute atomic E-state index is 12.6. The van der Waals surface area contributed by atoms with Gasteiger partial charge in [-0.1, -0.05) is 50.8 Å². The van der Waals surface area contributed by atoms with E-state index in [4.69, 9.17) is 14.2 Å². The maximum Gasteiger partial charge on any atom is 0.330 e. The van der Waals surface area contributed by atoms with E-state index in [0.29, 0.717) is 11.1 Å². The Bertz CT molecular complexity index is 589. The summed E-state index contributed by atoms with van der Waals surface area (Å²) in [4.78, 5) is 25.3. The number of methoxy groups -OCH3 is 2. The fraction of sp³-hybridized carbons (Fsp3) is 0.444. The number of ether oxygens (including phenoxy) is 3. The molecule has 0 amide bonds. The molecule has 1 aromatic carbocycles. The Balaban J connectivity index is 2.67. The number of hydrogen-bond acceptors (Lipinski definition) is 5. The summed E-state index contributed by atoms with van der Waals surface area (Å²) in [6.07, 6.45) is -1.28. The van der Waals surface area contributed by atoms with Gasteiger partial charge in [0, 0.05) is 0 Å². The molecule has 1 fully saturated rings. The number of carbonyl (C=O) groups is 2. The van der Waals surface area contributed by atoms with Gasteiger partial charge in [0.1, 0.15) is 6.10 Å². The van der Waals surface area contributed by atoms with Crippen LogP contribution in [-0.2, 0) is 23.8 Å². The monoisotopic (exact) mass is 318 g/mol. The van der Waals surface area contributed by atoms with Gasteiger partial charge >= 0.3 is 11.9 Å². The predicted octanol–water partition coefficient (Wildman–Crippen LogP) is 2.67. The summed E-state index contributed by atoms with van der Waals surface area (Å²) < 4.78 is 15.9. The first-order valence-corrected chi connectivity index (χ1v) is 7.47. The van der Waals surface area contributed by atoms with E-state index in [9.17, 15) is 9.59 Å². The first kappa shape index (κ1) is 17.2. The van der Waals surface area contributed by atoms with Gasteiger partial charge in [-0.2, -0.15) is 0 Å². The van der Waals surface area contributed by atoms with Crippen molar-refractivity contribution in [2.45, 2.75) is 26.1 Å². The van der Waals surface area contributed by atoms with Crippen LogP contribution in [0.5, 0.6) is 0 Å². The van der Waals surface area contributed by atoms with Crippen molar-refractivity contribution in [3.05, 3.63) is 48.0 Å². The first-order chi connectivity index (χ1) is 10.9. The van der Waals surface area contributed by atoms with Gasteiger partial charge in [0.2, 0.25) is 5.41 Å². The first-order valence-electron chi connectivity index (χ1n) is 7.47. The molecule has 1 heterocycles. The standard InChI is InChI=1S/C18H22O5/c1-11(2)14-12(3)18(16(19)21-4,17(20)22-5)15(23-14)13-9-7-6-8-10-13/h6-11,14-15H,3H2,1-2,4-5H3. The molecule has 1 saturated heterocycles. The van der Waals surface area contributed by atoms with Crippen molar-refractivity contribution in [1.29, 1.82) is 0 Å². The minimum absolute atomic E-state index is 0.0462. The van der Waals surface area contributed by atoms with E-state index in [1.807, 2.05) is 32.0 Å². The molecule has 124 valence electrons. The van der Waals surface area contributed by atoms with Gasteiger partial charge < -0.3 is 14.2 Å². The van der Waals surface area contributed by atoms with E-state index in [-0.39, 0.29) is 5.92 Å². The SMILES string of the molecule is C=C1C(C(C)C)OC(c2ccccc2)C1(C(=O)OC)C(=O)OC. The van der Waals surface area contributed by atoms with Gasteiger partial charge in [-0.3, -0.25) is 9.59 Å². The quantitative estimate of drug-likeness (QED) is 0.485. The molecule has 1 aromatic rings. The van der Waals surface area contributed by atoms with Gasteiger partial charge in [0.25, 0.3) is 0 Å². The van der Waals surface area contributed by atoms with Gasteiger partial charge in [-0.05, 0) is 17.1 Å². The maximum atomic E-state index is 12.6. The molecule has 0 N–H and O–H groups in total. The third-order valence-corrected chi connectivity index (χ3v) is 4.25. The van der Waals surface area contributed by atoms with E-state index in [2.05, 4.69) is 6.58 Å². The second-order valence-electron chi connectivity index (χ2n) is 5.91. The average molecular weight is 318 g/mol. The predicted molar refractivity (Wildman–Crippen MR) is 84.5 cm³/mol.